The second kappa shape index (κ2) is 8.12. The fourth-order valence-corrected chi connectivity index (χ4v) is 4.96. The third-order valence-electron chi connectivity index (χ3n) is 5.61. The summed E-state index contributed by atoms with van der Waals surface area (Å²) in [5.41, 5.74) is 8.59. The molecule has 0 radical (unpaired) electrons. The second-order valence-corrected chi connectivity index (χ2v) is 8.99. The number of methoxy groups -OCH3 is 1. The SMILES string of the molecule is COc1ccc(Br)cc1C1CC(C(=O)O)C2C(NNC2c2ccc(Br)cc2)N1. The predicted molar refractivity (Wildman–Crippen MR) is 113 cm³/mol. The van der Waals surface area contributed by atoms with Gasteiger partial charge >= 0.3 is 5.97 Å². The third-order valence-corrected chi connectivity index (χ3v) is 6.63. The minimum absolute atomic E-state index is 0.0861. The van der Waals surface area contributed by atoms with E-state index in [1.54, 1.807) is 7.11 Å². The first-order valence-electron chi connectivity index (χ1n) is 9.06. The Morgan fingerprint density at radius 3 is 2.50 bits per heavy atom. The van der Waals surface area contributed by atoms with E-state index >= 15 is 0 Å². The van der Waals surface area contributed by atoms with Gasteiger partial charge < -0.3 is 9.84 Å². The number of piperidine rings is 1. The van der Waals surface area contributed by atoms with Crippen LogP contribution in [0.5, 0.6) is 5.75 Å². The van der Waals surface area contributed by atoms with E-state index in [9.17, 15) is 9.90 Å². The first-order chi connectivity index (χ1) is 13.5. The average Bonchev–Trinajstić information content (AvgIpc) is 3.11. The van der Waals surface area contributed by atoms with Crippen molar-refractivity contribution in [2.24, 2.45) is 11.8 Å². The number of carboxylic acids is 1. The molecule has 2 heterocycles. The molecule has 28 heavy (non-hydrogen) atoms. The molecule has 2 aliphatic rings. The first kappa shape index (κ1) is 19.8. The summed E-state index contributed by atoms with van der Waals surface area (Å²) >= 11 is 6.96. The summed E-state index contributed by atoms with van der Waals surface area (Å²) in [4.78, 5) is 12.2. The van der Waals surface area contributed by atoms with Crippen LogP contribution < -0.4 is 20.9 Å². The van der Waals surface area contributed by atoms with E-state index in [1.165, 1.54) is 0 Å². The molecular weight excluding hydrogens is 490 g/mol. The summed E-state index contributed by atoms with van der Waals surface area (Å²) in [6.07, 6.45) is 0.317. The highest BCUT2D eigenvalue weighted by molar-refractivity contribution is 9.10. The molecule has 5 unspecified atom stereocenters. The van der Waals surface area contributed by atoms with Gasteiger partial charge in [0.05, 0.1) is 25.2 Å². The number of nitrogens with one attached hydrogen (secondary N) is 3. The van der Waals surface area contributed by atoms with Crippen molar-refractivity contribution in [3.8, 4) is 5.75 Å². The smallest absolute Gasteiger partial charge is 0.307 e. The average molecular weight is 511 g/mol. The molecule has 148 valence electrons. The zero-order valence-electron chi connectivity index (χ0n) is 15.2. The summed E-state index contributed by atoms with van der Waals surface area (Å²) < 4.78 is 7.45. The van der Waals surface area contributed by atoms with Gasteiger partial charge in [-0.1, -0.05) is 44.0 Å². The highest BCUT2D eigenvalue weighted by Gasteiger charge is 2.49. The summed E-state index contributed by atoms with van der Waals surface area (Å²) in [6, 6.07) is 13.6. The molecular formula is C20H21Br2N3O3. The molecule has 0 spiro atoms. The summed E-state index contributed by atoms with van der Waals surface area (Å²) in [5, 5.41) is 13.6. The molecule has 0 amide bonds. The third kappa shape index (κ3) is 3.71. The zero-order chi connectivity index (χ0) is 19.8. The van der Waals surface area contributed by atoms with Gasteiger partial charge in [0.25, 0.3) is 0 Å². The Bertz CT molecular complexity index is 877. The summed E-state index contributed by atoms with van der Waals surface area (Å²) in [6.45, 7) is 0. The number of aliphatic carboxylic acids is 1. The maximum Gasteiger partial charge on any atom is 0.307 e. The highest BCUT2D eigenvalue weighted by atomic mass is 79.9. The lowest BCUT2D eigenvalue weighted by molar-refractivity contribution is -0.146. The molecule has 0 bridgehead atoms. The van der Waals surface area contributed by atoms with Crippen LogP contribution in [0.1, 0.15) is 29.6 Å². The Morgan fingerprint density at radius 1 is 1.11 bits per heavy atom. The van der Waals surface area contributed by atoms with Crippen molar-refractivity contribution in [1.29, 1.82) is 0 Å². The Balaban J connectivity index is 1.65. The van der Waals surface area contributed by atoms with Gasteiger partial charge in [-0.3, -0.25) is 10.1 Å². The Labute approximate surface area is 180 Å². The van der Waals surface area contributed by atoms with Crippen molar-refractivity contribution in [2.45, 2.75) is 24.7 Å². The number of hydrogen-bond donors (Lipinski definition) is 4. The van der Waals surface area contributed by atoms with Crippen LogP contribution in [0, 0.1) is 11.8 Å². The minimum Gasteiger partial charge on any atom is -0.496 e. The van der Waals surface area contributed by atoms with Crippen molar-refractivity contribution in [3.63, 3.8) is 0 Å². The minimum atomic E-state index is -0.775. The monoisotopic (exact) mass is 509 g/mol. The second-order valence-electron chi connectivity index (χ2n) is 7.16. The molecule has 4 N–H and O–H groups in total. The van der Waals surface area contributed by atoms with Crippen LogP contribution in [0.4, 0.5) is 0 Å². The number of hydrogen-bond acceptors (Lipinski definition) is 5. The number of hydrazine groups is 1. The van der Waals surface area contributed by atoms with Gasteiger partial charge in [-0.15, -0.1) is 0 Å². The first-order valence-corrected chi connectivity index (χ1v) is 10.7. The molecule has 0 aromatic heterocycles. The van der Waals surface area contributed by atoms with E-state index in [2.05, 4.69) is 48.0 Å². The molecule has 4 rings (SSSR count). The Morgan fingerprint density at radius 2 is 1.82 bits per heavy atom. The molecule has 0 saturated carbocycles. The van der Waals surface area contributed by atoms with Gasteiger partial charge in [0.15, 0.2) is 0 Å². The van der Waals surface area contributed by atoms with E-state index in [0.717, 1.165) is 25.8 Å². The topological polar surface area (TPSA) is 82.6 Å². The molecule has 8 heteroatoms. The largest absolute Gasteiger partial charge is 0.496 e. The lowest BCUT2D eigenvalue weighted by Crippen LogP contribution is -2.53. The van der Waals surface area contributed by atoms with Crippen LogP contribution in [-0.4, -0.2) is 24.4 Å². The van der Waals surface area contributed by atoms with Gasteiger partial charge in [-0.25, -0.2) is 10.9 Å². The van der Waals surface area contributed by atoms with E-state index in [0.29, 0.717) is 6.42 Å². The maximum atomic E-state index is 12.2. The van der Waals surface area contributed by atoms with Gasteiger partial charge in [0.2, 0.25) is 0 Å². The van der Waals surface area contributed by atoms with Crippen molar-refractivity contribution >= 4 is 37.8 Å². The fourth-order valence-electron chi connectivity index (χ4n) is 4.31. The molecule has 5 atom stereocenters. The Hall–Kier alpha value is -1.45. The zero-order valence-corrected chi connectivity index (χ0v) is 18.3. The summed E-state index contributed by atoms with van der Waals surface area (Å²) in [7, 11) is 1.63. The van der Waals surface area contributed by atoms with Crippen molar-refractivity contribution < 1.29 is 14.6 Å². The lowest BCUT2D eigenvalue weighted by Gasteiger charge is -2.39. The predicted octanol–water partition coefficient (Wildman–Crippen LogP) is 3.75. The molecule has 2 saturated heterocycles. The van der Waals surface area contributed by atoms with Crippen LogP contribution in [0.25, 0.3) is 0 Å². The van der Waals surface area contributed by atoms with E-state index in [1.807, 2.05) is 42.5 Å². The van der Waals surface area contributed by atoms with Gasteiger partial charge in [-0.05, 0) is 42.3 Å². The molecule has 2 aliphatic heterocycles. The number of carbonyl (C=O) groups is 1. The van der Waals surface area contributed by atoms with E-state index in [-0.39, 0.29) is 24.2 Å². The van der Waals surface area contributed by atoms with Crippen LogP contribution >= 0.6 is 31.9 Å². The van der Waals surface area contributed by atoms with E-state index < -0.39 is 11.9 Å². The normalized spacial score (nSPS) is 29.3. The van der Waals surface area contributed by atoms with Crippen molar-refractivity contribution in [2.75, 3.05) is 7.11 Å². The fraction of sp³-hybridized carbons (Fsp3) is 0.350. The summed E-state index contributed by atoms with van der Waals surface area (Å²) in [5.74, 6) is -0.647. The van der Waals surface area contributed by atoms with Crippen LogP contribution in [0.2, 0.25) is 0 Å². The molecule has 0 aliphatic carbocycles. The van der Waals surface area contributed by atoms with Crippen LogP contribution in [-0.2, 0) is 4.79 Å². The van der Waals surface area contributed by atoms with Crippen molar-refractivity contribution in [3.05, 3.63) is 62.5 Å². The molecule has 2 aromatic carbocycles. The standard InChI is InChI=1S/C20H21Br2N3O3/c1-28-16-7-6-12(22)8-13(16)15-9-14(20(26)27)17-18(24-25-19(17)23-15)10-2-4-11(21)5-3-10/h2-8,14-15,17-19,23-25H,9H2,1H3,(H,26,27). The number of ether oxygens (including phenoxy) is 1. The van der Waals surface area contributed by atoms with Crippen LogP contribution in [0.15, 0.2) is 51.4 Å². The number of rotatable bonds is 4. The maximum absolute atomic E-state index is 12.2. The van der Waals surface area contributed by atoms with E-state index in [4.69, 9.17) is 4.74 Å². The number of carboxylic acid groups (broad SMARTS) is 1. The highest BCUT2D eigenvalue weighted by Crippen LogP contribution is 2.44. The number of halogens is 2. The quantitative estimate of drug-likeness (QED) is 0.501. The van der Waals surface area contributed by atoms with Gasteiger partial charge in [0.1, 0.15) is 5.75 Å². The number of benzene rings is 2. The van der Waals surface area contributed by atoms with Crippen molar-refractivity contribution in [1.82, 2.24) is 16.2 Å². The molecule has 2 fully saturated rings. The van der Waals surface area contributed by atoms with Gasteiger partial charge in [-0.2, -0.15) is 0 Å². The molecule has 2 aromatic rings. The van der Waals surface area contributed by atoms with Crippen LogP contribution in [0.3, 0.4) is 0 Å². The lowest BCUT2D eigenvalue weighted by atomic mass is 9.74. The molecule has 6 nitrogen and oxygen atoms in total. The van der Waals surface area contributed by atoms with Gasteiger partial charge in [0, 0.05) is 26.5 Å². The Kier molecular flexibility index (Phi) is 5.76. The number of fused-ring (bicyclic) bond motifs is 1.